The zero-order valence-electron chi connectivity index (χ0n) is 16.7. The molecule has 0 fully saturated rings. The van der Waals surface area contributed by atoms with Crippen LogP contribution in [0.4, 0.5) is 5.69 Å². The minimum atomic E-state index is -0.193. The molecule has 4 aromatic rings. The number of anilines is 1. The molecule has 0 aliphatic heterocycles. The van der Waals surface area contributed by atoms with Crippen LogP contribution in [0.5, 0.6) is 0 Å². The van der Waals surface area contributed by atoms with Gasteiger partial charge in [0.1, 0.15) is 0 Å². The van der Waals surface area contributed by atoms with Gasteiger partial charge in [-0.3, -0.25) is 9.59 Å². The van der Waals surface area contributed by atoms with Crippen molar-refractivity contribution in [1.29, 1.82) is 0 Å². The van der Waals surface area contributed by atoms with E-state index in [1.165, 1.54) is 0 Å². The predicted molar refractivity (Wildman–Crippen MR) is 121 cm³/mol. The summed E-state index contributed by atoms with van der Waals surface area (Å²) in [7, 11) is 0. The highest BCUT2D eigenvalue weighted by atomic mass is 16.2. The third-order valence-corrected chi connectivity index (χ3v) is 5.09. The van der Waals surface area contributed by atoms with Gasteiger partial charge in [0.2, 0.25) is 0 Å². The Morgan fingerprint density at radius 2 is 1.50 bits per heavy atom. The van der Waals surface area contributed by atoms with Crippen molar-refractivity contribution in [2.24, 2.45) is 0 Å². The maximum absolute atomic E-state index is 12.7. The van der Waals surface area contributed by atoms with Crippen LogP contribution in [0.2, 0.25) is 0 Å². The standard InChI is InChI=1S/C26H22N2O2/c1-18-8-2-4-14-23(18)26(30)28-22-13-7-11-20(16-22)25(29)27-17-21-12-6-10-19-9-3-5-15-24(19)21/h2-16H,17H2,1H3,(H,27,29)(H,28,30). The zero-order valence-corrected chi connectivity index (χ0v) is 16.7. The molecule has 0 atom stereocenters. The average molecular weight is 394 g/mol. The summed E-state index contributed by atoms with van der Waals surface area (Å²) in [5.74, 6) is -0.378. The normalized spacial score (nSPS) is 10.6. The lowest BCUT2D eigenvalue weighted by Gasteiger charge is -2.11. The number of benzene rings is 4. The molecule has 0 aliphatic rings. The van der Waals surface area contributed by atoms with Gasteiger partial charge >= 0.3 is 0 Å². The summed E-state index contributed by atoms with van der Waals surface area (Å²) in [5.41, 5.74) is 3.66. The quantitative estimate of drug-likeness (QED) is 0.481. The average Bonchev–Trinajstić information content (AvgIpc) is 2.78. The summed E-state index contributed by atoms with van der Waals surface area (Å²) >= 11 is 0. The highest BCUT2D eigenvalue weighted by Crippen LogP contribution is 2.19. The van der Waals surface area contributed by atoms with Gasteiger partial charge in [-0.25, -0.2) is 0 Å². The molecule has 2 N–H and O–H groups in total. The second kappa shape index (κ2) is 8.62. The van der Waals surface area contributed by atoms with Crippen LogP contribution < -0.4 is 10.6 Å². The lowest BCUT2D eigenvalue weighted by atomic mass is 10.0. The van der Waals surface area contributed by atoms with Crippen LogP contribution in [0.1, 0.15) is 31.8 Å². The number of hydrogen-bond acceptors (Lipinski definition) is 2. The molecule has 2 amide bonds. The van der Waals surface area contributed by atoms with E-state index in [0.29, 0.717) is 23.4 Å². The van der Waals surface area contributed by atoms with Crippen molar-refractivity contribution in [2.45, 2.75) is 13.5 Å². The van der Waals surface area contributed by atoms with E-state index in [0.717, 1.165) is 21.9 Å². The molecule has 0 spiro atoms. The van der Waals surface area contributed by atoms with E-state index in [1.807, 2.05) is 49.4 Å². The Bertz CT molecular complexity index is 1230. The van der Waals surface area contributed by atoms with Gasteiger partial charge in [-0.2, -0.15) is 0 Å². The maximum atomic E-state index is 12.7. The number of fused-ring (bicyclic) bond motifs is 1. The number of amides is 2. The van der Waals surface area contributed by atoms with Crippen molar-refractivity contribution >= 4 is 28.3 Å². The minimum Gasteiger partial charge on any atom is -0.348 e. The lowest BCUT2D eigenvalue weighted by Crippen LogP contribution is -2.23. The van der Waals surface area contributed by atoms with Crippen molar-refractivity contribution in [3.05, 3.63) is 113 Å². The van der Waals surface area contributed by atoms with E-state index in [-0.39, 0.29) is 11.8 Å². The summed E-state index contributed by atoms with van der Waals surface area (Å²) < 4.78 is 0. The first kappa shape index (κ1) is 19.4. The Morgan fingerprint density at radius 3 is 2.37 bits per heavy atom. The molecule has 30 heavy (non-hydrogen) atoms. The fourth-order valence-electron chi connectivity index (χ4n) is 3.49. The first-order valence-corrected chi connectivity index (χ1v) is 9.84. The van der Waals surface area contributed by atoms with Crippen molar-refractivity contribution < 1.29 is 9.59 Å². The first-order valence-electron chi connectivity index (χ1n) is 9.84. The van der Waals surface area contributed by atoms with Crippen molar-refractivity contribution in [3.63, 3.8) is 0 Å². The van der Waals surface area contributed by atoms with Gasteiger partial charge in [0.05, 0.1) is 0 Å². The Morgan fingerprint density at radius 1 is 0.767 bits per heavy atom. The Labute approximate surface area is 175 Å². The smallest absolute Gasteiger partial charge is 0.255 e. The van der Waals surface area contributed by atoms with Gasteiger partial charge in [-0.05, 0) is 53.1 Å². The van der Waals surface area contributed by atoms with Gasteiger partial charge in [-0.1, -0.05) is 66.7 Å². The Kier molecular flexibility index (Phi) is 5.57. The highest BCUT2D eigenvalue weighted by Gasteiger charge is 2.11. The molecule has 4 rings (SSSR count). The van der Waals surface area contributed by atoms with Gasteiger partial charge < -0.3 is 10.6 Å². The number of rotatable bonds is 5. The third-order valence-electron chi connectivity index (χ3n) is 5.09. The van der Waals surface area contributed by atoms with E-state index in [4.69, 9.17) is 0 Å². The van der Waals surface area contributed by atoms with E-state index in [9.17, 15) is 9.59 Å². The summed E-state index contributed by atoms with van der Waals surface area (Å²) in [6.45, 7) is 2.33. The summed E-state index contributed by atoms with van der Waals surface area (Å²) in [5, 5.41) is 8.12. The van der Waals surface area contributed by atoms with Crippen LogP contribution in [0.25, 0.3) is 10.8 Å². The topological polar surface area (TPSA) is 58.2 Å². The molecular formula is C26H22N2O2. The van der Waals surface area contributed by atoms with Crippen LogP contribution in [0.15, 0.2) is 91.0 Å². The molecule has 0 heterocycles. The number of aryl methyl sites for hydroxylation is 1. The molecule has 0 saturated carbocycles. The number of hydrogen-bond donors (Lipinski definition) is 2. The highest BCUT2D eigenvalue weighted by molar-refractivity contribution is 6.06. The Hall–Kier alpha value is -3.92. The fraction of sp³-hybridized carbons (Fsp3) is 0.0769. The number of nitrogens with one attached hydrogen (secondary N) is 2. The molecule has 4 heteroatoms. The summed E-state index contributed by atoms with van der Waals surface area (Å²) in [6.07, 6.45) is 0. The Balaban J connectivity index is 1.46. The van der Waals surface area contributed by atoms with Crippen LogP contribution in [-0.4, -0.2) is 11.8 Å². The fourth-order valence-corrected chi connectivity index (χ4v) is 3.49. The van der Waals surface area contributed by atoms with Gasteiger partial charge in [-0.15, -0.1) is 0 Å². The van der Waals surface area contributed by atoms with Crippen molar-refractivity contribution in [2.75, 3.05) is 5.32 Å². The molecule has 0 aliphatic carbocycles. The van der Waals surface area contributed by atoms with Crippen LogP contribution in [-0.2, 0) is 6.54 Å². The molecule has 0 unspecified atom stereocenters. The molecule has 0 radical (unpaired) electrons. The maximum Gasteiger partial charge on any atom is 0.255 e. The molecule has 4 aromatic carbocycles. The van der Waals surface area contributed by atoms with E-state index >= 15 is 0 Å². The monoisotopic (exact) mass is 394 g/mol. The SMILES string of the molecule is Cc1ccccc1C(=O)Nc1cccc(C(=O)NCc2cccc3ccccc23)c1. The van der Waals surface area contributed by atoms with Gasteiger partial charge in [0.15, 0.2) is 0 Å². The molecule has 0 bridgehead atoms. The van der Waals surface area contributed by atoms with E-state index < -0.39 is 0 Å². The van der Waals surface area contributed by atoms with Crippen LogP contribution in [0, 0.1) is 6.92 Å². The van der Waals surface area contributed by atoms with Gasteiger partial charge in [0.25, 0.3) is 11.8 Å². The lowest BCUT2D eigenvalue weighted by molar-refractivity contribution is 0.0949. The van der Waals surface area contributed by atoms with Crippen LogP contribution >= 0.6 is 0 Å². The molecular weight excluding hydrogens is 372 g/mol. The van der Waals surface area contributed by atoms with Crippen molar-refractivity contribution in [3.8, 4) is 0 Å². The molecule has 0 aromatic heterocycles. The second-order valence-corrected chi connectivity index (χ2v) is 7.17. The van der Waals surface area contributed by atoms with E-state index in [1.54, 1.807) is 30.3 Å². The summed E-state index contributed by atoms with van der Waals surface area (Å²) in [6, 6.07) is 28.5. The first-order chi connectivity index (χ1) is 14.6. The number of carbonyl (C=O) groups is 2. The number of carbonyl (C=O) groups excluding carboxylic acids is 2. The largest absolute Gasteiger partial charge is 0.348 e. The second-order valence-electron chi connectivity index (χ2n) is 7.17. The molecule has 4 nitrogen and oxygen atoms in total. The summed E-state index contributed by atoms with van der Waals surface area (Å²) in [4.78, 5) is 25.2. The van der Waals surface area contributed by atoms with Crippen LogP contribution in [0.3, 0.4) is 0 Å². The predicted octanol–water partition coefficient (Wildman–Crippen LogP) is 5.33. The minimum absolute atomic E-state index is 0.185. The third kappa shape index (κ3) is 4.23. The molecule has 148 valence electrons. The molecule has 0 saturated heterocycles. The van der Waals surface area contributed by atoms with E-state index in [2.05, 4.69) is 28.8 Å². The zero-order chi connectivity index (χ0) is 20.9. The van der Waals surface area contributed by atoms with Gasteiger partial charge in [0, 0.05) is 23.4 Å². The van der Waals surface area contributed by atoms with Crippen molar-refractivity contribution in [1.82, 2.24) is 5.32 Å².